The van der Waals surface area contributed by atoms with Gasteiger partial charge in [-0.3, -0.25) is 9.59 Å². The van der Waals surface area contributed by atoms with E-state index in [4.69, 9.17) is 0 Å². The van der Waals surface area contributed by atoms with E-state index in [-0.39, 0.29) is 29.3 Å². The normalized spacial score (nSPS) is 19.1. The average molecular weight is 255 g/mol. The van der Waals surface area contributed by atoms with Crippen molar-refractivity contribution in [3.05, 3.63) is 0 Å². The highest BCUT2D eigenvalue weighted by molar-refractivity contribution is 5.87. The molecule has 3 N–H and O–H groups in total. The van der Waals surface area contributed by atoms with Gasteiger partial charge in [0.15, 0.2) is 0 Å². The van der Waals surface area contributed by atoms with Crippen molar-refractivity contribution >= 4 is 11.8 Å². The van der Waals surface area contributed by atoms with Gasteiger partial charge in [0.1, 0.15) is 0 Å². The zero-order chi connectivity index (χ0) is 13.8. The van der Waals surface area contributed by atoms with Crippen LogP contribution in [0.5, 0.6) is 0 Å². The summed E-state index contributed by atoms with van der Waals surface area (Å²) in [4.78, 5) is 23.7. The number of hydrogen-bond acceptors (Lipinski definition) is 3. The van der Waals surface area contributed by atoms with E-state index in [0.29, 0.717) is 0 Å². The summed E-state index contributed by atoms with van der Waals surface area (Å²) in [5.41, 5.74) is -0.603. The fourth-order valence-corrected chi connectivity index (χ4v) is 2.04. The molecule has 1 fully saturated rings. The zero-order valence-corrected chi connectivity index (χ0v) is 11.9. The maximum Gasteiger partial charge on any atom is 0.239 e. The van der Waals surface area contributed by atoms with E-state index >= 15 is 0 Å². The first kappa shape index (κ1) is 15.0. The molecule has 0 aliphatic carbocycles. The van der Waals surface area contributed by atoms with Gasteiger partial charge in [-0.25, -0.2) is 0 Å². The lowest BCUT2D eigenvalue weighted by molar-refractivity contribution is -0.134. The van der Waals surface area contributed by atoms with E-state index in [2.05, 4.69) is 16.0 Å². The lowest BCUT2D eigenvalue weighted by atomic mass is 9.80. The first-order chi connectivity index (χ1) is 8.23. The van der Waals surface area contributed by atoms with Crippen molar-refractivity contribution in [2.24, 2.45) is 5.41 Å². The van der Waals surface area contributed by atoms with Crippen molar-refractivity contribution in [2.45, 2.75) is 46.1 Å². The van der Waals surface area contributed by atoms with Crippen molar-refractivity contribution in [1.29, 1.82) is 0 Å². The summed E-state index contributed by atoms with van der Waals surface area (Å²) < 4.78 is 0. The van der Waals surface area contributed by atoms with E-state index in [1.54, 1.807) is 0 Å². The molecular formula is C13H25N3O2. The van der Waals surface area contributed by atoms with Crippen LogP contribution >= 0.6 is 0 Å². The number of carbonyl (C=O) groups is 2. The number of amides is 2. The van der Waals surface area contributed by atoms with Gasteiger partial charge in [0.25, 0.3) is 0 Å². The van der Waals surface area contributed by atoms with Gasteiger partial charge in [0, 0.05) is 11.0 Å². The Labute approximate surface area is 109 Å². The Morgan fingerprint density at radius 1 is 1.22 bits per heavy atom. The Kier molecular flexibility index (Phi) is 4.73. The number of nitrogens with one attached hydrogen (secondary N) is 3. The minimum atomic E-state index is -0.340. The zero-order valence-electron chi connectivity index (χ0n) is 11.9. The highest BCUT2D eigenvalue weighted by Gasteiger charge is 2.34. The van der Waals surface area contributed by atoms with Gasteiger partial charge in [0.2, 0.25) is 11.8 Å². The molecule has 104 valence electrons. The molecule has 1 saturated heterocycles. The molecule has 0 unspecified atom stereocenters. The van der Waals surface area contributed by atoms with Crippen LogP contribution in [-0.2, 0) is 9.59 Å². The SMILES string of the molecule is CC(C)(C)NC(=O)CNC(=O)C1(C)CCNCC1. The molecule has 18 heavy (non-hydrogen) atoms. The van der Waals surface area contributed by atoms with Crippen LogP contribution in [-0.4, -0.2) is 37.0 Å². The Bertz CT molecular complexity index is 315. The van der Waals surface area contributed by atoms with Gasteiger partial charge >= 0.3 is 0 Å². The van der Waals surface area contributed by atoms with Crippen LogP contribution in [0, 0.1) is 5.41 Å². The van der Waals surface area contributed by atoms with Crippen LogP contribution in [0.2, 0.25) is 0 Å². The van der Waals surface area contributed by atoms with Crippen LogP contribution in [0.25, 0.3) is 0 Å². The number of piperidine rings is 1. The molecule has 1 heterocycles. The standard InChI is InChI=1S/C13H25N3O2/c1-12(2,3)16-10(17)9-15-11(18)13(4)5-7-14-8-6-13/h14H,5-9H2,1-4H3,(H,15,18)(H,16,17). The van der Waals surface area contributed by atoms with Crippen LogP contribution in [0.15, 0.2) is 0 Å². The minimum Gasteiger partial charge on any atom is -0.350 e. The first-order valence-electron chi connectivity index (χ1n) is 6.53. The summed E-state index contributed by atoms with van der Waals surface area (Å²) in [7, 11) is 0. The van der Waals surface area contributed by atoms with Crippen molar-refractivity contribution in [1.82, 2.24) is 16.0 Å². The molecule has 1 aliphatic rings. The van der Waals surface area contributed by atoms with Crippen LogP contribution in [0.4, 0.5) is 0 Å². The Hall–Kier alpha value is -1.10. The van der Waals surface area contributed by atoms with Gasteiger partial charge in [-0.15, -0.1) is 0 Å². The topological polar surface area (TPSA) is 70.2 Å². The van der Waals surface area contributed by atoms with Gasteiger partial charge < -0.3 is 16.0 Å². The molecule has 0 aromatic carbocycles. The molecule has 0 radical (unpaired) electrons. The summed E-state index contributed by atoms with van der Waals surface area (Å²) in [5.74, 6) is -0.165. The molecular weight excluding hydrogens is 230 g/mol. The maximum atomic E-state index is 12.1. The second-order valence-corrected chi connectivity index (χ2v) is 6.29. The maximum absolute atomic E-state index is 12.1. The fraction of sp³-hybridized carbons (Fsp3) is 0.846. The molecule has 0 aromatic heterocycles. The third-order valence-corrected chi connectivity index (χ3v) is 3.18. The van der Waals surface area contributed by atoms with Gasteiger partial charge in [-0.1, -0.05) is 6.92 Å². The molecule has 0 spiro atoms. The monoisotopic (exact) mass is 255 g/mol. The molecule has 5 heteroatoms. The largest absolute Gasteiger partial charge is 0.350 e. The molecule has 2 amide bonds. The van der Waals surface area contributed by atoms with E-state index in [1.165, 1.54) is 0 Å². The third kappa shape index (κ3) is 4.64. The Morgan fingerprint density at radius 3 is 2.28 bits per heavy atom. The molecule has 1 aliphatic heterocycles. The summed E-state index contributed by atoms with van der Waals surface area (Å²) in [6.45, 7) is 9.49. The first-order valence-corrected chi connectivity index (χ1v) is 6.53. The molecule has 0 aromatic rings. The lowest BCUT2D eigenvalue weighted by Gasteiger charge is -2.32. The van der Waals surface area contributed by atoms with Gasteiger partial charge in [0.05, 0.1) is 6.54 Å². The number of rotatable bonds is 3. The van der Waals surface area contributed by atoms with Crippen LogP contribution in [0.3, 0.4) is 0 Å². The minimum absolute atomic E-state index is 0.0203. The van der Waals surface area contributed by atoms with E-state index in [0.717, 1.165) is 25.9 Å². The van der Waals surface area contributed by atoms with Crippen molar-refractivity contribution in [3.8, 4) is 0 Å². The predicted octanol–water partition coefficient (Wildman–Crippen LogP) is 0.407. The molecule has 1 rings (SSSR count). The summed E-state index contributed by atoms with van der Waals surface area (Å²) in [6, 6.07) is 0. The summed E-state index contributed by atoms with van der Waals surface area (Å²) >= 11 is 0. The van der Waals surface area contributed by atoms with Crippen LogP contribution < -0.4 is 16.0 Å². The fourth-order valence-electron chi connectivity index (χ4n) is 2.04. The third-order valence-electron chi connectivity index (χ3n) is 3.18. The summed E-state index contributed by atoms with van der Waals surface area (Å²) in [6.07, 6.45) is 1.64. The quantitative estimate of drug-likeness (QED) is 0.684. The average Bonchev–Trinajstić information content (AvgIpc) is 2.24. The smallest absolute Gasteiger partial charge is 0.239 e. The second-order valence-electron chi connectivity index (χ2n) is 6.29. The van der Waals surface area contributed by atoms with E-state index in [9.17, 15) is 9.59 Å². The lowest BCUT2D eigenvalue weighted by Crippen LogP contribution is -2.50. The van der Waals surface area contributed by atoms with E-state index < -0.39 is 0 Å². The second kappa shape index (κ2) is 5.69. The highest BCUT2D eigenvalue weighted by atomic mass is 16.2. The van der Waals surface area contributed by atoms with E-state index in [1.807, 2.05) is 27.7 Å². The van der Waals surface area contributed by atoms with Crippen molar-refractivity contribution in [2.75, 3.05) is 19.6 Å². The molecule has 5 nitrogen and oxygen atoms in total. The molecule has 0 bridgehead atoms. The Balaban J connectivity index is 2.39. The van der Waals surface area contributed by atoms with Crippen molar-refractivity contribution in [3.63, 3.8) is 0 Å². The highest BCUT2D eigenvalue weighted by Crippen LogP contribution is 2.27. The Morgan fingerprint density at radius 2 is 1.78 bits per heavy atom. The summed E-state index contributed by atoms with van der Waals surface area (Å²) in [5, 5.41) is 8.79. The van der Waals surface area contributed by atoms with Crippen molar-refractivity contribution < 1.29 is 9.59 Å². The van der Waals surface area contributed by atoms with Crippen LogP contribution in [0.1, 0.15) is 40.5 Å². The number of carbonyl (C=O) groups excluding carboxylic acids is 2. The van der Waals surface area contributed by atoms with Gasteiger partial charge in [-0.2, -0.15) is 0 Å². The number of hydrogen-bond donors (Lipinski definition) is 3. The molecule has 0 atom stereocenters. The predicted molar refractivity (Wildman–Crippen MR) is 71.1 cm³/mol. The molecule has 0 saturated carbocycles. The van der Waals surface area contributed by atoms with Gasteiger partial charge in [-0.05, 0) is 46.7 Å².